The molecule has 1 aliphatic carbocycles. The lowest BCUT2D eigenvalue weighted by Gasteiger charge is -2.30. The smallest absolute Gasteiger partial charge is 0.397 e. The van der Waals surface area contributed by atoms with Crippen LogP contribution in [0.1, 0.15) is 44.6 Å². The van der Waals surface area contributed by atoms with Crippen molar-refractivity contribution in [1.29, 1.82) is 0 Å². The van der Waals surface area contributed by atoms with Crippen LogP contribution in [0.4, 0.5) is 24.5 Å². The summed E-state index contributed by atoms with van der Waals surface area (Å²) >= 11 is 0. The third-order valence-corrected chi connectivity index (χ3v) is 4.10. The number of benzene rings is 1. The third-order valence-electron chi connectivity index (χ3n) is 4.10. The first-order valence-electron chi connectivity index (χ1n) is 7.13. The quantitative estimate of drug-likeness (QED) is 0.792. The highest BCUT2D eigenvalue weighted by Gasteiger charge is 2.31. The Hall–Kier alpha value is -1.39. The standard InChI is InChI=1S/C15H21F3N2/c1-2-10-4-3-5-12(8-10)20-14-7-6-11(9-13(14)19)15(16,17)18/h6-7,9-10,12,20H,2-5,8,19H2,1H3. The Labute approximate surface area is 117 Å². The topological polar surface area (TPSA) is 38.0 Å². The van der Waals surface area contributed by atoms with Gasteiger partial charge in [0.05, 0.1) is 16.9 Å². The minimum absolute atomic E-state index is 0.165. The molecule has 3 N–H and O–H groups in total. The maximum absolute atomic E-state index is 12.6. The van der Waals surface area contributed by atoms with E-state index < -0.39 is 11.7 Å². The molecule has 0 aliphatic heterocycles. The van der Waals surface area contributed by atoms with Crippen molar-refractivity contribution in [3.8, 4) is 0 Å². The number of nitrogen functional groups attached to an aromatic ring is 1. The molecule has 1 aromatic rings. The second-order valence-corrected chi connectivity index (χ2v) is 5.58. The molecule has 1 aromatic carbocycles. The molecule has 2 nitrogen and oxygen atoms in total. The predicted octanol–water partition coefficient (Wildman–Crippen LogP) is 4.67. The van der Waals surface area contributed by atoms with Crippen LogP contribution in [0.25, 0.3) is 0 Å². The molecule has 112 valence electrons. The minimum Gasteiger partial charge on any atom is -0.397 e. The van der Waals surface area contributed by atoms with E-state index in [1.165, 1.54) is 12.5 Å². The van der Waals surface area contributed by atoms with Crippen LogP contribution in [0.2, 0.25) is 0 Å². The van der Waals surface area contributed by atoms with Crippen molar-refractivity contribution in [3.63, 3.8) is 0 Å². The number of halogens is 3. The normalized spacial score (nSPS) is 23.6. The van der Waals surface area contributed by atoms with E-state index in [0.29, 0.717) is 17.6 Å². The Balaban J connectivity index is 2.06. The fraction of sp³-hybridized carbons (Fsp3) is 0.600. The molecule has 2 unspecified atom stereocenters. The predicted molar refractivity (Wildman–Crippen MR) is 75.5 cm³/mol. The Morgan fingerprint density at radius 1 is 1.30 bits per heavy atom. The highest BCUT2D eigenvalue weighted by atomic mass is 19.4. The number of alkyl halides is 3. The second-order valence-electron chi connectivity index (χ2n) is 5.58. The Bertz CT molecular complexity index is 457. The molecular weight excluding hydrogens is 265 g/mol. The van der Waals surface area contributed by atoms with Gasteiger partial charge in [-0.3, -0.25) is 0 Å². The third kappa shape index (κ3) is 3.58. The monoisotopic (exact) mass is 286 g/mol. The van der Waals surface area contributed by atoms with Gasteiger partial charge in [-0.2, -0.15) is 13.2 Å². The number of anilines is 2. The number of rotatable bonds is 3. The lowest BCUT2D eigenvalue weighted by Crippen LogP contribution is -2.27. The van der Waals surface area contributed by atoms with Gasteiger partial charge in [0.1, 0.15) is 0 Å². The lowest BCUT2D eigenvalue weighted by molar-refractivity contribution is -0.137. The van der Waals surface area contributed by atoms with Gasteiger partial charge in [0.25, 0.3) is 0 Å². The van der Waals surface area contributed by atoms with Crippen LogP contribution in [0.3, 0.4) is 0 Å². The zero-order chi connectivity index (χ0) is 14.8. The average molecular weight is 286 g/mol. The molecule has 0 saturated heterocycles. The molecule has 0 amide bonds. The van der Waals surface area contributed by atoms with Crippen molar-refractivity contribution in [2.24, 2.45) is 5.92 Å². The van der Waals surface area contributed by atoms with E-state index in [-0.39, 0.29) is 5.69 Å². The summed E-state index contributed by atoms with van der Waals surface area (Å²) in [6.07, 6.45) is 1.34. The fourth-order valence-electron chi connectivity index (χ4n) is 2.88. The summed E-state index contributed by atoms with van der Waals surface area (Å²) in [4.78, 5) is 0. The van der Waals surface area contributed by atoms with Crippen LogP contribution in [0.15, 0.2) is 18.2 Å². The molecule has 0 bridgehead atoms. The van der Waals surface area contributed by atoms with Crippen molar-refractivity contribution in [1.82, 2.24) is 0 Å². The molecule has 0 radical (unpaired) electrons. The lowest BCUT2D eigenvalue weighted by atomic mass is 9.84. The van der Waals surface area contributed by atoms with Crippen LogP contribution in [0.5, 0.6) is 0 Å². The number of nitrogens with one attached hydrogen (secondary N) is 1. The molecule has 0 heterocycles. The van der Waals surface area contributed by atoms with Crippen molar-refractivity contribution in [3.05, 3.63) is 23.8 Å². The summed E-state index contributed by atoms with van der Waals surface area (Å²) in [6, 6.07) is 3.84. The van der Waals surface area contributed by atoms with E-state index >= 15 is 0 Å². The van der Waals surface area contributed by atoms with Gasteiger partial charge in [0.15, 0.2) is 0 Å². The van der Waals surface area contributed by atoms with Gasteiger partial charge in [-0.1, -0.05) is 26.2 Å². The number of hydrogen-bond donors (Lipinski definition) is 2. The van der Waals surface area contributed by atoms with Crippen LogP contribution < -0.4 is 11.1 Å². The summed E-state index contributed by atoms with van der Waals surface area (Å²) in [5.41, 5.74) is 5.82. The summed E-state index contributed by atoms with van der Waals surface area (Å²) in [6.45, 7) is 2.18. The SMILES string of the molecule is CCC1CCCC(Nc2ccc(C(F)(F)F)cc2N)C1. The fourth-order valence-corrected chi connectivity index (χ4v) is 2.88. The maximum atomic E-state index is 12.6. The summed E-state index contributed by atoms with van der Waals surface area (Å²) < 4.78 is 37.7. The van der Waals surface area contributed by atoms with Gasteiger partial charge in [0.2, 0.25) is 0 Å². The van der Waals surface area contributed by atoms with Gasteiger partial charge in [-0.05, 0) is 37.0 Å². The minimum atomic E-state index is -4.34. The number of nitrogens with two attached hydrogens (primary N) is 1. The van der Waals surface area contributed by atoms with Gasteiger partial charge < -0.3 is 11.1 Å². The molecule has 5 heteroatoms. The molecule has 1 aliphatic rings. The first kappa shape index (κ1) is 15.0. The molecule has 1 fully saturated rings. The van der Waals surface area contributed by atoms with E-state index in [1.807, 2.05) is 0 Å². The van der Waals surface area contributed by atoms with Crippen molar-refractivity contribution in [2.45, 2.75) is 51.2 Å². The first-order chi connectivity index (χ1) is 9.40. The maximum Gasteiger partial charge on any atom is 0.416 e. The van der Waals surface area contributed by atoms with Gasteiger partial charge >= 0.3 is 6.18 Å². The van der Waals surface area contributed by atoms with Gasteiger partial charge in [-0.15, -0.1) is 0 Å². The Kier molecular flexibility index (Phi) is 4.45. The zero-order valence-corrected chi connectivity index (χ0v) is 11.6. The van der Waals surface area contributed by atoms with E-state index in [4.69, 9.17) is 5.73 Å². The van der Waals surface area contributed by atoms with E-state index in [1.54, 1.807) is 0 Å². The van der Waals surface area contributed by atoms with Crippen molar-refractivity contribution < 1.29 is 13.2 Å². The molecule has 1 saturated carbocycles. The average Bonchev–Trinajstić information content (AvgIpc) is 2.40. The zero-order valence-electron chi connectivity index (χ0n) is 11.6. The highest BCUT2D eigenvalue weighted by Crippen LogP contribution is 2.34. The summed E-state index contributed by atoms with van der Waals surface area (Å²) in [5, 5.41) is 3.30. The summed E-state index contributed by atoms with van der Waals surface area (Å²) in [7, 11) is 0. The molecule has 20 heavy (non-hydrogen) atoms. The summed E-state index contributed by atoms with van der Waals surface area (Å²) in [5.74, 6) is 0.705. The van der Waals surface area contributed by atoms with Gasteiger partial charge in [0, 0.05) is 6.04 Å². The number of hydrogen-bond acceptors (Lipinski definition) is 2. The first-order valence-corrected chi connectivity index (χ1v) is 7.13. The largest absolute Gasteiger partial charge is 0.416 e. The molecule has 0 spiro atoms. The Morgan fingerprint density at radius 2 is 2.05 bits per heavy atom. The molecule has 0 aromatic heterocycles. The van der Waals surface area contributed by atoms with Gasteiger partial charge in [-0.25, -0.2) is 0 Å². The van der Waals surface area contributed by atoms with Crippen LogP contribution in [-0.4, -0.2) is 6.04 Å². The van der Waals surface area contributed by atoms with Crippen molar-refractivity contribution in [2.75, 3.05) is 11.1 Å². The molecule has 2 rings (SSSR count). The molecule has 2 atom stereocenters. The molecular formula is C15H21F3N2. The van der Waals surface area contributed by atoms with Crippen LogP contribution in [-0.2, 0) is 6.18 Å². The van der Waals surface area contributed by atoms with E-state index in [0.717, 1.165) is 37.8 Å². The Morgan fingerprint density at radius 3 is 2.65 bits per heavy atom. The van der Waals surface area contributed by atoms with E-state index in [2.05, 4.69) is 12.2 Å². The van der Waals surface area contributed by atoms with Crippen LogP contribution >= 0.6 is 0 Å². The van der Waals surface area contributed by atoms with E-state index in [9.17, 15) is 13.2 Å². The second kappa shape index (κ2) is 5.94. The highest BCUT2D eigenvalue weighted by molar-refractivity contribution is 5.67. The van der Waals surface area contributed by atoms with Crippen molar-refractivity contribution >= 4 is 11.4 Å². The van der Waals surface area contributed by atoms with Crippen LogP contribution in [0, 0.1) is 5.92 Å².